The molecule has 0 saturated heterocycles. The van der Waals surface area contributed by atoms with Crippen LogP contribution < -0.4 is 10.6 Å². The number of hydrogen-bond donors (Lipinski definition) is 2. The number of rotatable bonds is 5. The van der Waals surface area contributed by atoms with Crippen molar-refractivity contribution >= 4 is 17.5 Å². The minimum Gasteiger partial charge on any atom is -0.366 e. The molecule has 3 rings (SSSR count). The summed E-state index contributed by atoms with van der Waals surface area (Å²) >= 11 is 0. The van der Waals surface area contributed by atoms with E-state index in [2.05, 4.69) is 40.5 Å². The molecule has 25 heavy (non-hydrogen) atoms. The Labute approximate surface area is 147 Å². The maximum absolute atomic E-state index is 13.7. The van der Waals surface area contributed by atoms with Gasteiger partial charge in [-0.05, 0) is 44.0 Å². The van der Waals surface area contributed by atoms with E-state index in [9.17, 15) is 4.39 Å². The van der Waals surface area contributed by atoms with E-state index >= 15 is 0 Å². The number of nitrogens with one attached hydrogen (secondary N) is 2. The SMILES string of the molecule is Cc1cc(NCc2ccccc2F)nc(Nc2cccc(C)c2C)n1. The van der Waals surface area contributed by atoms with E-state index in [1.165, 1.54) is 11.6 Å². The summed E-state index contributed by atoms with van der Waals surface area (Å²) in [6.45, 7) is 6.40. The van der Waals surface area contributed by atoms with Gasteiger partial charge < -0.3 is 10.6 Å². The van der Waals surface area contributed by atoms with Crippen molar-refractivity contribution in [3.05, 3.63) is 76.7 Å². The van der Waals surface area contributed by atoms with Crippen molar-refractivity contribution < 1.29 is 4.39 Å². The molecule has 0 spiro atoms. The molecule has 5 heteroatoms. The summed E-state index contributed by atoms with van der Waals surface area (Å²) in [5.74, 6) is 0.947. The second kappa shape index (κ2) is 7.30. The molecule has 2 N–H and O–H groups in total. The average molecular weight is 336 g/mol. The van der Waals surface area contributed by atoms with Crippen LogP contribution in [0.4, 0.5) is 21.8 Å². The predicted molar refractivity (Wildman–Crippen MR) is 99.7 cm³/mol. The Morgan fingerprint density at radius 2 is 1.76 bits per heavy atom. The summed E-state index contributed by atoms with van der Waals surface area (Å²) < 4.78 is 13.7. The maximum Gasteiger partial charge on any atom is 0.229 e. The van der Waals surface area contributed by atoms with Crippen LogP contribution in [0, 0.1) is 26.6 Å². The molecular weight excluding hydrogens is 315 g/mol. The van der Waals surface area contributed by atoms with Crippen LogP contribution in [0.25, 0.3) is 0 Å². The summed E-state index contributed by atoms with van der Waals surface area (Å²) in [7, 11) is 0. The Hall–Kier alpha value is -2.95. The van der Waals surface area contributed by atoms with Gasteiger partial charge in [0.2, 0.25) is 5.95 Å². The quantitative estimate of drug-likeness (QED) is 0.696. The Morgan fingerprint density at radius 3 is 2.56 bits per heavy atom. The molecule has 4 nitrogen and oxygen atoms in total. The molecule has 0 radical (unpaired) electrons. The van der Waals surface area contributed by atoms with Crippen LogP contribution >= 0.6 is 0 Å². The smallest absolute Gasteiger partial charge is 0.229 e. The van der Waals surface area contributed by atoms with Crippen LogP contribution in [0.5, 0.6) is 0 Å². The molecule has 0 fully saturated rings. The van der Waals surface area contributed by atoms with Crippen molar-refractivity contribution in [1.82, 2.24) is 9.97 Å². The maximum atomic E-state index is 13.7. The lowest BCUT2D eigenvalue weighted by Gasteiger charge is -2.12. The minimum atomic E-state index is -0.227. The van der Waals surface area contributed by atoms with Crippen LogP contribution in [0.3, 0.4) is 0 Å². The zero-order valence-electron chi connectivity index (χ0n) is 14.6. The van der Waals surface area contributed by atoms with Gasteiger partial charge in [0.25, 0.3) is 0 Å². The third kappa shape index (κ3) is 4.12. The number of anilines is 3. The van der Waals surface area contributed by atoms with Crippen LogP contribution in [-0.2, 0) is 6.54 Å². The summed E-state index contributed by atoms with van der Waals surface area (Å²) in [4.78, 5) is 8.92. The molecule has 0 amide bonds. The Bertz CT molecular complexity index is 893. The monoisotopic (exact) mass is 336 g/mol. The molecular formula is C20H21FN4. The second-order valence-corrected chi connectivity index (χ2v) is 6.04. The van der Waals surface area contributed by atoms with Gasteiger partial charge >= 0.3 is 0 Å². The number of aryl methyl sites for hydroxylation is 2. The highest BCUT2D eigenvalue weighted by Gasteiger charge is 2.07. The lowest BCUT2D eigenvalue weighted by Crippen LogP contribution is -2.07. The molecule has 0 aliphatic carbocycles. The Kier molecular flexibility index (Phi) is 4.93. The number of nitrogens with zero attached hydrogens (tertiary/aromatic N) is 2. The fourth-order valence-electron chi connectivity index (χ4n) is 2.55. The molecule has 0 saturated carbocycles. The first-order valence-corrected chi connectivity index (χ1v) is 8.19. The number of halogens is 1. The minimum absolute atomic E-state index is 0.227. The van der Waals surface area contributed by atoms with Gasteiger partial charge in [-0.2, -0.15) is 4.98 Å². The van der Waals surface area contributed by atoms with Crippen molar-refractivity contribution in [1.29, 1.82) is 0 Å². The first-order chi connectivity index (χ1) is 12.0. The van der Waals surface area contributed by atoms with Crippen LogP contribution in [-0.4, -0.2) is 9.97 Å². The molecule has 128 valence electrons. The third-order valence-corrected chi connectivity index (χ3v) is 4.12. The number of hydrogen-bond acceptors (Lipinski definition) is 4. The van der Waals surface area contributed by atoms with Gasteiger partial charge in [0, 0.05) is 29.6 Å². The molecule has 1 aromatic heterocycles. The van der Waals surface area contributed by atoms with Crippen LogP contribution in [0.15, 0.2) is 48.5 Å². The van der Waals surface area contributed by atoms with E-state index in [4.69, 9.17) is 0 Å². The van der Waals surface area contributed by atoms with Gasteiger partial charge in [-0.15, -0.1) is 0 Å². The van der Waals surface area contributed by atoms with Crippen molar-refractivity contribution in [3.63, 3.8) is 0 Å². The van der Waals surface area contributed by atoms with Crippen molar-refractivity contribution in [2.75, 3.05) is 10.6 Å². The normalized spacial score (nSPS) is 10.6. The van der Waals surface area contributed by atoms with E-state index in [-0.39, 0.29) is 5.82 Å². The molecule has 0 unspecified atom stereocenters. The number of benzene rings is 2. The fourth-order valence-corrected chi connectivity index (χ4v) is 2.55. The van der Waals surface area contributed by atoms with E-state index in [0.717, 1.165) is 16.9 Å². The van der Waals surface area contributed by atoms with E-state index in [0.29, 0.717) is 23.9 Å². The molecule has 2 aromatic carbocycles. The summed E-state index contributed by atoms with van der Waals surface area (Å²) in [6, 6.07) is 14.6. The Morgan fingerprint density at radius 1 is 0.960 bits per heavy atom. The molecule has 3 aromatic rings. The summed E-state index contributed by atoms with van der Waals surface area (Å²) in [5.41, 5.74) is 4.77. The van der Waals surface area contributed by atoms with Crippen LogP contribution in [0.2, 0.25) is 0 Å². The highest BCUT2D eigenvalue weighted by molar-refractivity contribution is 5.61. The molecule has 0 atom stereocenters. The molecule has 0 aliphatic rings. The number of aromatic nitrogens is 2. The van der Waals surface area contributed by atoms with Gasteiger partial charge in [0.1, 0.15) is 11.6 Å². The van der Waals surface area contributed by atoms with E-state index in [1.807, 2.05) is 31.2 Å². The third-order valence-electron chi connectivity index (χ3n) is 4.12. The summed E-state index contributed by atoms with van der Waals surface area (Å²) in [6.07, 6.45) is 0. The highest BCUT2D eigenvalue weighted by Crippen LogP contribution is 2.22. The molecule has 0 bridgehead atoms. The molecule has 1 heterocycles. The molecule has 0 aliphatic heterocycles. The zero-order chi connectivity index (χ0) is 17.8. The lowest BCUT2D eigenvalue weighted by atomic mass is 10.1. The fraction of sp³-hybridized carbons (Fsp3) is 0.200. The van der Waals surface area contributed by atoms with Gasteiger partial charge in [0.05, 0.1) is 0 Å². The van der Waals surface area contributed by atoms with Crippen LogP contribution in [0.1, 0.15) is 22.4 Å². The van der Waals surface area contributed by atoms with Gasteiger partial charge in [0.15, 0.2) is 0 Å². The predicted octanol–water partition coefficient (Wildman–Crippen LogP) is 4.90. The second-order valence-electron chi connectivity index (χ2n) is 6.04. The van der Waals surface area contributed by atoms with Gasteiger partial charge in [-0.1, -0.05) is 30.3 Å². The van der Waals surface area contributed by atoms with Gasteiger partial charge in [-0.3, -0.25) is 0 Å². The van der Waals surface area contributed by atoms with E-state index < -0.39 is 0 Å². The van der Waals surface area contributed by atoms with E-state index in [1.54, 1.807) is 12.1 Å². The highest BCUT2D eigenvalue weighted by atomic mass is 19.1. The zero-order valence-corrected chi connectivity index (χ0v) is 14.6. The van der Waals surface area contributed by atoms with Gasteiger partial charge in [-0.25, -0.2) is 9.37 Å². The van der Waals surface area contributed by atoms with Crippen molar-refractivity contribution in [3.8, 4) is 0 Å². The van der Waals surface area contributed by atoms with Crippen molar-refractivity contribution in [2.45, 2.75) is 27.3 Å². The Balaban J connectivity index is 1.78. The standard InChI is InChI=1S/C20H21FN4/c1-13-7-6-10-18(15(13)3)24-20-23-14(2)11-19(25-20)22-12-16-8-4-5-9-17(16)21/h4-11H,12H2,1-3H3,(H2,22,23,24,25). The first-order valence-electron chi connectivity index (χ1n) is 8.19. The topological polar surface area (TPSA) is 49.8 Å². The lowest BCUT2D eigenvalue weighted by molar-refractivity contribution is 0.613. The average Bonchev–Trinajstić information content (AvgIpc) is 2.58. The first kappa shape index (κ1) is 16.9. The summed E-state index contributed by atoms with van der Waals surface area (Å²) in [5, 5.41) is 6.43. The largest absolute Gasteiger partial charge is 0.366 e. The van der Waals surface area contributed by atoms with Crippen molar-refractivity contribution in [2.24, 2.45) is 0 Å².